The van der Waals surface area contributed by atoms with Crippen molar-refractivity contribution in [1.29, 1.82) is 0 Å². The molecule has 0 bridgehead atoms. The molecule has 0 aliphatic rings. The summed E-state index contributed by atoms with van der Waals surface area (Å²) >= 11 is -0.920. The standard InChI is InChI=1S/C17H24OS/c1-14(2)7-5-8-15(3)11-12-19(18)17-10-6-9-16(4)13-17/h6-7,9-11,13H,5,8,12H2,1-4H3/b15-11+. The molecule has 19 heavy (non-hydrogen) atoms. The molecule has 0 amide bonds. The first kappa shape index (κ1) is 16.1. The van der Waals surface area contributed by atoms with Crippen LogP contribution in [0.5, 0.6) is 0 Å². The molecule has 0 aliphatic heterocycles. The maximum Gasteiger partial charge on any atom is 0.153 e. The zero-order valence-electron chi connectivity index (χ0n) is 12.4. The largest absolute Gasteiger partial charge is 0.611 e. The second kappa shape index (κ2) is 8.23. The van der Waals surface area contributed by atoms with Crippen LogP contribution in [0.1, 0.15) is 39.2 Å². The molecule has 0 aliphatic carbocycles. The van der Waals surface area contributed by atoms with Crippen LogP contribution in [0.25, 0.3) is 0 Å². The summed E-state index contributed by atoms with van der Waals surface area (Å²) in [6.07, 6.45) is 6.48. The number of hydrogen-bond acceptors (Lipinski definition) is 1. The lowest BCUT2D eigenvalue weighted by atomic mass is 10.1. The monoisotopic (exact) mass is 276 g/mol. The lowest BCUT2D eigenvalue weighted by Crippen LogP contribution is -2.05. The van der Waals surface area contributed by atoms with Crippen molar-refractivity contribution in [2.75, 3.05) is 5.75 Å². The van der Waals surface area contributed by atoms with Gasteiger partial charge in [0.15, 0.2) is 4.90 Å². The molecule has 2 heteroatoms. The summed E-state index contributed by atoms with van der Waals surface area (Å²) < 4.78 is 12.1. The van der Waals surface area contributed by atoms with Gasteiger partial charge in [-0.15, -0.1) is 0 Å². The van der Waals surface area contributed by atoms with Crippen molar-refractivity contribution in [3.8, 4) is 0 Å². The highest BCUT2D eigenvalue weighted by Crippen LogP contribution is 2.14. The van der Waals surface area contributed by atoms with Gasteiger partial charge in [-0.1, -0.05) is 29.4 Å². The average Bonchev–Trinajstić information content (AvgIpc) is 2.35. The zero-order valence-corrected chi connectivity index (χ0v) is 13.2. The molecule has 0 saturated carbocycles. The van der Waals surface area contributed by atoms with Gasteiger partial charge < -0.3 is 4.55 Å². The Labute approximate surface area is 120 Å². The fourth-order valence-electron chi connectivity index (χ4n) is 1.76. The lowest BCUT2D eigenvalue weighted by molar-refractivity contribution is 0.597. The highest BCUT2D eigenvalue weighted by molar-refractivity contribution is 7.91. The number of hydrogen-bond donors (Lipinski definition) is 0. The Balaban J connectivity index is 2.48. The van der Waals surface area contributed by atoms with E-state index in [9.17, 15) is 4.55 Å². The normalized spacial score (nSPS) is 13.2. The summed E-state index contributed by atoms with van der Waals surface area (Å²) in [6.45, 7) is 8.38. The average molecular weight is 276 g/mol. The molecule has 0 N–H and O–H groups in total. The van der Waals surface area contributed by atoms with Gasteiger partial charge in [-0.05, 0) is 75.5 Å². The third-order valence-electron chi connectivity index (χ3n) is 2.93. The highest BCUT2D eigenvalue weighted by atomic mass is 32.2. The Bertz CT molecular complexity index is 456. The van der Waals surface area contributed by atoms with Crippen molar-refractivity contribution < 1.29 is 4.55 Å². The van der Waals surface area contributed by atoms with Crippen LogP contribution in [0.3, 0.4) is 0 Å². The van der Waals surface area contributed by atoms with Crippen molar-refractivity contribution >= 4 is 11.2 Å². The van der Waals surface area contributed by atoms with E-state index in [0.717, 1.165) is 23.3 Å². The number of benzene rings is 1. The summed E-state index contributed by atoms with van der Waals surface area (Å²) in [5.41, 5.74) is 3.84. The van der Waals surface area contributed by atoms with Crippen molar-refractivity contribution in [2.45, 2.75) is 45.4 Å². The number of aryl methyl sites for hydroxylation is 1. The minimum atomic E-state index is -0.920. The van der Waals surface area contributed by atoms with Crippen LogP contribution < -0.4 is 0 Å². The Kier molecular flexibility index (Phi) is 6.96. The van der Waals surface area contributed by atoms with Crippen LogP contribution >= 0.6 is 0 Å². The van der Waals surface area contributed by atoms with Gasteiger partial charge in [0.05, 0.1) is 0 Å². The first-order chi connectivity index (χ1) is 8.99. The van der Waals surface area contributed by atoms with Crippen molar-refractivity contribution in [3.05, 3.63) is 53.1 Å². The molecule has 1 atom stereocenters. The van der Waals surface area contributed by atoms with E-state index in [4.69, 9.17) is 0 Å². The first-order valence-electron chi connectivity index (χ1n) is 6.73. The predicted octanol–water partition coefficient (Wildman–Crippen LogP) is 4.80. The summed E-state index contributed by atoms with van der Waals surface area (Å²) in [5, 5.41) is 0. The van der Waals surface area contributed by atoms with Crippen LogP contribution in [0.2, 0.25) is 0 Å². The quantitative estimate of drug-likeness (QED) is 0.541. The van der Waals surface area contributed by atoms with Crippen molar-refractivity contribution in [2.24, 2.45) is 0 Å². The maximum absolute atomic E-state index is 12.1. The van der Waals surface area contributed by atoms with E-state index in [2.05, 4.69) is 32.9 Å². The second-order valence-corrected chi connectivity index (χ2v) is 6.70. The second-order valence-electron chi connectivity index (χ2n) is 5.20. The minimum absolute atomic E-state index is 0.615. The Morgan fingerprint density at radius 3 is 2.58 bits per heavy atom. The van der Waals surface area contributed by atoms with Gasteiger partial charge in [0.2, 0.25) is 0 Å². The van der Waals surface area contributed by atoms with Gasteiger partial charge >= 0.3 is 0 Å². The van der Waals surface area contributed by atoms with E-state index < -0.39 is 11.2 Å². The molecule has 1 aromatic carbocycles. The van der Waals surface area contributed by atoms with Gasteiger partial charge in [-0.3, -0.25) is 0 Å². The topological polar surface area (TPSA) is 23.1 Å². The zero-order chi connectivity index (χ0) is 14.3. The smallest absolute Gasteiger partial charge is 0.153 e. The number of rotatable bonds is 6. The lowest BCUT2D eigenvalue weighted by Gasteiger charge is -2.09. The predicted molar refractivity (Wildman–Crippen MR) is 84.9 cm³/mol. The van der Waals surface area contributed by atoms with E-state index in [-0.39, 0.29) is 0 Å². The molecule has 0 aromatic heterocycles. The van der Waals surface area contributed by atoms with Crippen LogP contribution in [0.4, 0.5) is 0 Å². The Hall–Kier alpha value is -0.990. The molecule has 0 fully saturated rings. The minimum Gasteiger partial charge on any atom is -0.611 e. The molecule has 0 spiro atoms. The molecule has 0 heterocycles. The fourth-order valence-corrected chi connectivity index (χ4v) is 2.94. The fraction of sp³-hybridized carbons (Fsp3) is 0.412. The van der Waals surface area contributed by atoms with Gasteiger partial charge in [0, 0.05) is 0 Å². The summed E-state index contributed by atoms with van der Waals surface area (Å²) in [5.74, 6) is 0.615. The molecule has 1 rings (SSSR count). The van der Waals surface area contributed by atoms with Crippen LogP contribution in [-0.2, 0) is 11.2 Å². The SMILES string of the molecule is CC(C)=CCC/C(C)=C/C[S+]([O-])c1cccc(C)c1. The van der Waals surface area contributed by atoms with E-state index in [1.54, 1.807) is 0 Å². The Morgan fingerprint density at radius 2 is 1.95 bits per heavy atom. The van der Waals surface area contributed by atoms with Crippen LogP contribution in [0.15, 0.2) is 52.5 Å². The molecule has 0 radical (unpaired) electrons. The van der Waals surface area contributed by atoms with Crippen LogP contribution in [0, 0.1) is 6.92 Å². The molecule has 1 aromatic rings. The van der Waals surface area contributed by atoms with Crippen molar-refractivity contribution in [1.82, 2.24) is 0 Å². The first-order valence-corrected chi connectivity index (χ1v) is 8.05. The molecular formula is C17H24OS. The highest BCUT2D eigenvalue weighted by Gasteiger charge is 2.08. The third kappa shape index (κ3) is 6.65. The van der Waals surface area contributed by atoms with E-state index in [1.165, 1.54) is 11.1 Å². The molecule has 104 valence electrons. The molecule has 0 saturated heterocycles. The van der Waals surface area contributed by atoms with Crippen molar-refractivity contribution in [3.63, 3.8) is 0 Å². The summed E-state index contributed by atoms with van der Waals surface area (Å²) in [6, 6.07) is 7.94. The van der Waals surface area contributed by atoms with Gasteiger partial charge in [-0.25, -0.2) is 0 Å². The molecular weight excluding hydrogens is 252 g/mol. The van der Waals surface area contributed by atoms with E-state index in [1.807, 2.05) is 31.2 Å². The number of allylic oxidation sites excluding steroid dienone is 3. The Morgan fingerprint density at radius 1 is 1.21 bits per heavy atom. The van der Waals surface area contributed by atoms with Gasteiger partial charge in [0.25, 0.3) is 0 Å². The molecule has 1 unspecified atom stereocenters. The van der Waals surface area contributed by atoms with Crippen LogP contribution in [-0.4, -0.2) is 10.3 Å². The van der Waals surface area contributed by atoms with E-state index in [0.29, 0.717) is 5.75 Å². The van der Waals surface area contributed by atoms with Gasteiger partial charge in [0.1, 0.15) is 5.75 Å². The van der Waals surface area contributed by atoms with Gasteiger partial charge in [-0.2, -0.15) is 0 Å². The third-order valence-corrected chi connectivity index (χ3v) is 4.18. The van der Waals surface area contributed by atoms with E-state index >= 15 is 0 Å². The molecule has 1 nitrogen and oxygen atoms in total. The summed E-state index contributed by atoms with van der Waals surface area (Å²) in [4.78, 5) is 0.924. The summed E-state index contributed by atoms with van der Waals surface area (Å²) in [7, 11) is 0. The maximum atomic E-state index is 12.1.